The maximum Gasteiger partial charge on any atom is 0.232 e. The van der Waals surface area contributed by atoms with E-state index in [-0.39, 0.29) is 18.2 Å². The lowest BCUT2D eigenvalue weighted by atomic mass is 10.3. The number of hydrogen-bond donors (Lipinski definition) is 1. The molecule has 0 aliphatic carbocycles. The van der Waals surface area contributed by atoms with Crippen LogP contribution in [0.2, 0.25) is 0 Å². The highest BCUT2D eigenvalue weighted by atomic mass is 32.1. The number of aromatic nitrogens is 3. The highest BCUT2D eigenvalue weighted by Crippen LogP contribution is 2.26. The third-order valence-corrected chi connectivity index (χ3v) is 5.53. The molecule has 0 aromatic carbocycles. The van der Waals surface area contributed by atoms with Crippen molar-refractivity contribution in [2.45, 2.75) is 19.3 Å². The van der Waals surface area contributed by atoms with Gasteiger partial charge in [0.1, 0.15) is 5.69 Å². The highest BCUT2D eigenvalue weighted by Gasteiger charge is 2.24. The van der Waals surface area contributed by atoms with Gasteiger partial charge in [-0.05, 0) is 18.6 Å². The molecule has 3 aromatic rings. The second kappa shape index (κ2) is 7.30. The number of pyridine rings is 1. The molecule has 0 radical (unpaired) electrons. The summed E-state index contributed by atoms with van der Waals surface area (Å²) in [7, 11) is 0. The Morgan fingerprint density at radius 3 is 2.88 bits per heavy atom. The summed E-state index contributed by atoms with van der Waals surface area (Å²) in [5.41, 5.74) is 2.15. The van der Waals surface area contributed by atoms with Crippen molar-refractivity contribution >= 4 is 44.8 Å². The van der Waals surface area contributed by atoms with Gasteiger partial charge in [0.2, 0.25) is 11.8 Å². The van der Waals surface area contributed by atoms with Crippen LogP contribution in [0.15, 0.2) is 35.2 Å². The Balaban J connectivity index is 1.38. The first-order valence-electron chi connectivity index (χ1n) is 8.10. The molecule has 9 heteroatoms. The molecule has 26 heavy (non-hydrogen) atoms. The molecule has 1 fully saturated rings. The van der Waals surface area contributed by atoms with Crippen LogP contribution in [0.5, 0.6) is 0 Å². The fraction of sp³-hybridized carbons (Fsp3) is 0.235. The molecule has 1 aliphatic rings. The van der Waals surface area contributed by atoms with Gasteiger partial charge >= 0.3 is 0 Å². The molecule has 0 spiro atoms. The lowest BCUT2D eigenvalue weighted by Gasteiger charge is -2.10. The molecule has 1 saturated heterocycles. The lowest BCUT2D eigenvalue weighted by molar-refractivity contribution is -0.117. The molecule has 0 atom stereocenters. The van der Waals surface area contributed by atoms with Crippen molar-refractivity contribution in [2.75, 3.05) is 16.8 Å². The van der Waals surface area contributed by atoms with Gasteiger partial charge in [0.25, 0.3) is 0 Å². The zero-order valence-corrected chi connectivity index (χ0v) is 15.3. The zero-order valence-electron chi connectivity index (χ0n) is 13.7. The maximum atomic E-state index is 12.2. The molecule has 132 valence electrons. The van der Waals surface area contributed by atoms with Crippen LogP contribution in [0.3, 0.4) is 0 Å². The Kier molecular flexibility index (Phi) is 4.72. The maximum absolute atomic E-state index is 12.2. The number of thiazole rings is 2. The molecular weight excluding hydrogens is 370 g/mol. The standard InChI is InChI=1S/C17H15N5O2S2/c23-14(8-11-9-26-17(19-11)22-7-3-5-15(22)24)21-16-20-13(10-25-16)12-4-1-2-6-18-12/h1-2,4,6,9-10H,3,5,7-8H2,(H,20,21,23). The monoisotopic (exact) mass is 385 g/mol. The van der Waals surface area contributed by atoms with E-state index in [1.807, 2.05) is 29.0 Å². The van der Waals surface area contributed by atoms with Gasteiger partial charge < -0.3 is 5.32 Å². The molecule has 1 N–H and O–H groups in total. The second-order valence-electron chi connectivity index (χ2n) is 5.75. The molecule has 7 nitrogen and oxygen atoms in total. The number of carbonyl (C=O) groups excluding carboxylic acids is 2. The molecule has 4 rings (SSSR count). The largest absolute Gasteiger partial charge is 0.302 e. The summed E-state index contributed by atoms with van der Waals surface area (Å²) >= 11 is 2.75. The van der Waals surface area contributed by atoms with E-state index in [1.165, 1.54) is 22.7 Å². The third kappa shape index (κ3) is 3.63. The van der Waals surface area contributed by atoms with Crippen molar-refractivity contribution in [2.24, 2.45) is 0 Å². The minimum atomic E-state index is -0.184. The van der Waals surface area contributed by atoms with Gasteiger partial charge in [0.05, 0.1) is 17.8 Å². The topological polar surface area (TPSA) is 88.1 Å². The quantitative estimate of drug-likeness (QED) is 0.729. The van der Waals surface area contributed by atoms with Crippen molar-refractivity contribution < 1.29 is 9.59 Å². The molecular formula is C17H15N5O2S2. The summed E-state index contributed by atoms with van der Waals surface area (Å²) in [5.74, 6) is -0.0864. The first kappa shape index (κ1) is 16.8. The van der Waals surface area contributed by atoms with Gasteiger partial charge in [0, 0.05) is 29.9 Å². The van der Waals surface area contributed by atoms with Crippen LogP contribution >= 0.6 is 22.7 Å². The Hall–Kier alpha value is -2.65. The molecule has 0 saturated carbocycles. The Labute approximate surface area is 157 Å². The number of hydrogen-bond acceptors (Lipinski definition) is 7. The zero-order chi connectivity index (χ0) is 17.9. The second-order valence-corrected chi connectivity index (χ2v) is 7.44. The number of amides is 2. The van der Waals surface area contributed by atoms with Crippen LogP contribution < -0.4 is 10.2 Å². The summed E-state index contributed by atoms with van der Waals surface area (Å²) < 4.78 is 0. The van der Waals surface area contributed by atoms with Crippen LogP contribution in [-0.4, -0.2) is 33.3 Å². The predicted molar refractivity (Wildman–Crippen MR) is 101 cm³/mol. The minimum Gasteiger partial charge on any atom is -0.302 e. The fourth-order valence-electron chi connectivity index (χ4n) is 2.64. The van der Waals surface area contributed by atoms with Crippen molar-refractivity contribution in [3.05, 3.63) is 40.8 Å². The lowest BCUT2D eigenvalue weighted by Crippen LogP contribution is -2.23. The van der Waals surface area contributed by atoms with Crippen LogP contribution in [-0.2, 0) is 16.0 Å². The third-order valence-electron chi connectivity index (χ3n) is 3.86. The molecule has 3 aromatic heterocycles. The summed E-state index contributed by atoms with van der Waals surface area (Å²) in [6.45, 7) is 0.702. The average Bonchev–Trinajstić information content (AvgIpc) is 3.37. The van der Waals surface area contributed by atoms with E-state index in [1.54, 1.807) is 11.1 Å². The first-order valence-corrected chi connectivity index (χ1v) is 9.86. The summed E-state index contributed by atoms with van der Waals surface area (Å²) in [4.78, 5) is 38.8. The average molecular weight is 385 g/mol. The van der Waals surface area contributed by atoms with E-state index in [2.05, 4.69) is 20.3 Å². The van der Waals surface area contributed by atoms with E-state index in [0.717, 1.165) is 17.8 Å². The van der Waals surface area contributed by atoms with E-state index in [0.29, 0.717) is 28.9 Å². The van der Waals surface area contributed by atoms with Crippen LogP contribution in [0, 0.1) is 0 Å². The Morgan fingerprint density at radius 1 is 1.19 bits per heavy atom. The molecule has 4 heterocycles. The van der Waals surface area contributed by atoms with Crippen LogP contribution in [0.1, 0.15) is 18.5 Å². The number of rotatable bonds is 5. The smallest absolute Gasteiger partial charge is 0.232 e. The van der Waals surface area contributed by atoms with Crippen molar-refractivity contribution in [3.63, 3.8) is 0 Å². The van der Waals surface area contributed by atoms with Gasteiger partial charge in [-0.25, -0.2) is 9.97 Å². The predicted octanol–water partition coefficient (Wildman–Crippen LogP) is 2.97. The van der Waals surface area contributed by atoms with Crippen LogP contribution in [0.4, 0.5) is 10.3 Å². The van der Waals surface area contributed by atoms with E-state index < -0.39 is 0 Å². The number of nitrogens with one attached hydrogen (secondary N) is 1. The SMILES string of the molecule is O=C(Cc1csc(N2CCCC2=O)n1)Nc1nc(-c2ccccn2)cs1. The highest BCUT2D eigenvalue weighted by molar-refractivity contribution is 7.14. The van der Waals surface area contributed by atoms with Gasteiger partial charge in [-0.1, -0.05) is 6.07 Å². The van der Waals surface area contributed by atoms with Crippen molar-refractivity contribution in [3.8, 4) is 11.4 Å². The van der Waals surface area contributed by atoms with E-state index in [9.17, 15) is 9.59 Å². The van der Waals surface area contributed by atoms with Crippen molar-refractivity contribution in [1.82, 2.24) is 15.0 Å². The Morgan fingerprint density at radius 2 is 2.12 bits per heavy atom. The number of anilines is 2. The number of nitrogens with zero attached hydrogens (tertiary/aromatic N) is 4. The van der Waals surface area contributed by atoms with Gasteiger partial charge in [-0.15, -0.1) is 22.7 Å². The molecule has 0 bridgehead atoms. The minimum absolute atomic E-state index is 0.0974. The van der Waals surface area contributed by atoms with E-state index >= 15 is 0 Å². The van der Waals surface area contributed by atoms with Crippen molar-refractivity contribution in [1.29, 1.82) is 0 Å². The number of carbonyl (C=O) groups is 2. The summed E-state index contributed by atoms with van der Waals surface area (Å²) in [6, 6.07) is 5.61. The van der Waals surface area contributed by atoms with Gasteiger partial charge in [-0.3, -0.25) is 19.5 Å². The fourth-order valence-corrected chi connectivity index (χ4v) is 4.23. The summed E-state index contributed by atoms with van der Waals surface area (Å²) in [5, 5.41) is 7.67. The first-order chi connectivity index (χ1) is 12.7. The van der Waals surface area contributed by atoms with Crippen LogP contribution in [0.25, 0.3) is 11.4 Å². The molecule has 1 aliphatic heterocycles. The van der Waals surface area contributed by atoms with E-state index in [4.69, 9.17) is 0 Å². The normalized spacial score (nSPS) is 14.0. The summed E-state index contributed by atoms with van der Waals surface area (Å²) in [6.07, 6.45) is 3.28. The van der Waals surface area contributed by atoms with Gasteiger partial charge in [-0.2, -0.15) is 0 Å². The molecule has 0 unspecified atom stereocenters. The molecule has 2 amide bonds. The van der Waals surface area contributed by atoms with Gasteiger partial charge in [0.15, 0.2) is 10.3 Å². The Bertz CT molecular complexity index is 938.